The summed E-state index contributed by atoms with van der Waals surface area (Å²) in [6.45, 7) is 6.45. The molecule has 1 unspecified atom stereocenters. The molecule has 0 aliphatic carbocycles. The maximum absolute atomic E-state index is 12.9. The Bertz CT molecular complexity index is 1700. The highest BCUT2D eigenvalue weighted by Crippen LogP contribution is 2.15. The number of hydrogen-bond acceptors (Lipinski definition) is 6. The van der Waals surface area contributed by atoms with Gasteiger partial charge in [0.15, 0.2) is 6.10 Å². The SMILES string of the molecule is CC/C=C\C/C=C\C/C=C\C/C=C\C/C=C\C/C=C\C/C=C\C/C=C\C/C=C\CCCCCCCC(=O)OCC(COC(=O)CCCCCCC/C=C\CCC)OC(=O)CCCCCCCCCCC/C=C\CCCCCCCC. The van der Waals surface area contributed by atoms with E-state index in [4.69, 9.17) is 14.2 Å². The number of esters is 3. The van der Waals surface area contributed by atoms with Crippen LogP contribution in [0.1, 0.15) is 297 Å². The Balaban J connectivity index is 4.28. The van der Waals surface area contributed by atoms with E-state index in [1.807, 2.05) is 0 Å². The minimum Gasteiger partial charge on any atom is -0.462 e. The van der Waals surface area contributed by atoms with Crippen LogP contribution in [-0.4, -0.2) is 37.2 Å². The van der Waals surface area contributed by atoms with Gasteiger partial charge in [-0.1, -0.05) is 276 Å². The molecule has 0 aromatic heterocycles. The standard InChI is InChI=1S/C74H122O6/c1-4-7-10-13-16-19-22-24-26-28-30-31-32-33-34-35-36-37-38-39-40-41-42-43-45-46-48-50-52-55-58-61-64-67-73(76)79-70-71(69-78-72(75)66-63-60-57-54-21-18-15-12-9-6-3)80-74(77)68-65-62-59-56-53-51-49-47-44-29-27-25-23-20-17-14-11-8-5-2/h7,10,12,15-16,19,24-27,30-31,33-34,36-37,39-40,42-43,46,48,71H,4-6,8-9,11,13-14,17-18,20-23,28-29,32,35,38,41,44-45,47,49-70H2,1-3H3/b10-7-,15-12-,19-16-,26-24-,27-25-,31-30-,34-33-,37-36-,40-39-,43-42-,48-46-. The van der Waals surface area contributed by atoms with Crippen LogP contribution in [0.25, 0.3) is 0 Å². The van der Waals surface area contributed by atoms with E-state index in [1.54, 1.807) is 0 Å². The average molecular weight is 1110 g/mol. The van der Waals surface area contributed by atoms with E-state index in [9.17, 15) is 14.4 Å². The van der Waals surface area contributed by atoms with Crippen LogP contribution in [0.15, 0.2) is 134 Å². The zero-order chi connectivity index (χ0) is 57.8. The van der Waals surface area contributed by atoms with Gasteiger partial charge in [-0.15, -0.1) is 0 Å². The van der Waals surface area contributed by atoms with Gasteiger partial charge in [-0.05, 0) is 135 Å². The predicted octanol–water partition coefficient (Wildman–Crippen LogP) is 22.9. The van der Waals surface area contributed by atoms with Gasteiger partial charge >= 0.3 is 17.9 Å². The minimum atomic E-state index is -0.794. The second-order valence-electron chi connectivity index (χ2n) is 21.6. The molecule has 454 valence electrons. The van der Waals surface area contributed by atoms with Crippen LogP contribution in [0.4, 0.5) is 0 Å². The molecule has 0 fully saturated rings. The second-order valence-corrected chi connectivity index (χ2v) is 21.6. The average Bonchev–Trinajstić information content (AvgIpc) is 3.46. The zero-order valence-corrected chi connectivity index (χ0v) is 52.0. The van der Waals surface area contributed by atoms with Crippen molar-refractivity contribution in [3.8, 4) is 0 Å². The van der Waals surface area contributed by atoms with Crippen molar-refractivity contribution < 1.29 is 28.6 Å². The molecule has 0 saturated heterocycles. The molecule has 80 heavy (non-hydrogen) atoms. The first-order chi connectivity index (χ1) is 39.5. The van der Waals surface area contributed by atoms with Crippen LogP contribution < -0.4 is 0 Å². The third-order valence-electron chi connectivity index (χ3n) is 13.8. The molecule has 0 bridgehead atoms. The fourth-order valence-electron chi connectivity index (χ4n) is 8.90. The summed E-state index contributed by atoms with van der Waals surface area (Å²) in [5, 5.41) is 0. The molecule has 0 rings (SSSR count). The van der Waals surface area contributed by atoms with Gasteiger partial charge in [0.25, 0.3) is 0 Å². The Morgan fingerprint density at radius 3 is 0.825 bits per heavy atom. The molecule has 0 amide bonds. The maximum Gasteiger partial charge on any atom is 0.306 e. The van der Waals surface area contributed by atoms with E-state index in [2.05, 4.69) is 154 Å². The number of rotatable bonds is 59. The second kappa shape index (κ2) is 67.1. The van der Waals surface area contributed by atoms with E-state index in [0.29, 0.717) is 19.3 Å². The smallest absolute Gasteiger partial charge is 0.306 e. The van der Waals surface area contributed by atoms with Crippen molar-refractivity contribution >= 4 is 17.9 Å². The summed E-state index contributed by atoms with van der Waals surface area (Å²) in [7, 11) is 0. The number of carbonyl (C=O) groups excluding carboxylic acids is 3. The number of hydrogen-bond donors (Lipinski definition) is 0. The quantitative estimate of drug-likeness (QED) is 0.0261. The van der Waals surface area contributed by atoms with Crippen molar-refractivity contribution in [2.75, 3.05) is 13.2 Å². The van der Waals surface area contributed by atoms with Crippen LogP contribution in [0.2, 0.25) is 0 Å². The van der Waals surface area contributed by atoms with E-state index in [0.717, 1.165) is 154 Å². The molecule has 6 heteroatoms. The molecule has 0 spiro atoms. The van der Waals surface area contributed by atoms with E-state index >= 15 is 0 Å². The largest absolute Gasteiger partial charge is 0.462 e. The molecule has 0 aliphatic heterocycles. The molecule has 0 heterocycles. The van der Waals surface area contributed by atoms with Crippen molar-refractivity contribution in [2.24, 2.45) is 0 Å². The Morgan fingerprint density at radius 1 is 0.263 bits per heavy atom. The number of unbranched alkanes of at least 4 members (excludes halogenated alkanes) is 26. The monoisotopic (exact) mass is 1110 g/mol. The molecule has 0 aliphatic rings. The third kappa shape index (κ3) is 64.4. The Morgan fingerprint density at radius 2 is 0.512 bits per heavy atom. The lowest BCUT2D eigenvalue weighted by atomic mass is 10.1. The van der Waals surface area contributed by atoms with E-state index in [-0.39, 0.29) is 31.1 Å². The first kappa shape index (κ1) is 75.5. The molecular weight excluding hydrogens is 985 g/mol. The van der Waals surface area contributed by atoms with Gasteiger partial charge in [-0.25, -0.2) is 0 Å². The van der Waals surface area contributed by atoms with Gasteiger partial charge in [0, 0.05) is 19.3 Å². The van der Waals surface area contributed by atoms with E-state index in [1.165, 1.54) is 103 Å². The molecule has 0 N–H and O–H groups in total. The Hall–Kier alpha value is -4.45. The van der Waals surface area contributed by atoms with Crippen molar-refractivity contribution in [3.05, 3.63) is 134 Å². The molecule has 0 radical (unpaired) electrons. The van der Waals surface area contributed by atoms with Crippen molar-refractivity contribution in [1.82, 2.24) is 0 Å². The number of carbonyl (C=O) groups is 3. The first-order valence-corrected chi connectivity index (χ1v) is 33.2. The van der Waals surface area contributed by atoms with Gasteiger partial charge in [0.2, 0.25) is 0 Å². The summed E-state index contributed by atoms with van der Waals surface area (Å²) < 4.78 is 16.9. The highest BCUT2D eigenvalue weighted by atomic mass is 16.6. The lowest BCUT2D eigenvalue weighted by Gasteiger charge is -2.18. The topological polar surface area (TPSA) is 78.9 Å². The van der Waals surface area contributed by atoms with Crippen molar-refractivity contribution in [2.45, 2.75) is 303 Å². The highest BCUT2D eigenvalue weighted by molar-refractivity contribution is 5.71. The molecule has 0 aromatic rings. The molecule has 1 atom stereocenters. The molecule has 6 nitrogen and oxygen atoms in total. The van der Waals surface area contributed by atoms with Crippen LogP contribution in [0.3, 0.4) is 0 Å². The highest BCUT2D eigenvalue weighted by Gasteiger charge is 2.19. The first-order valence-electron chi connectivity index (χ1n) is 33.2. The third-order valence-corrected chi connectivity index (χ3v) is 13.8. The van der Waals surface area contributed by atoms with Crippen LogP contribution in [0.5, 0.6) is 0 Å². The minimum absolute atomic E-state index is 0.0914. The van der Waals surface area contributed by atoms with Crippen LogP contribution in [0, 0.1) is 0 Å². The van der Waals surface area contributed by atoms with Crippen LogP contribution in [-0.2, 0) is 28.6 Å². The van der Waals surface area contributed by atoms with Crippen molar-refractivity contribution in [1.29, 1.82) is 0 Å². The van der Waals surface area contributed by atoms with Gasteiger partial charge in [-0.3, -0.25) is 14.4 Å². The summed E-state index contributed by atoms with van der Waals surface area (Å²) in [5.41, 5.74) is 0. The molecule has 0 aromatic carbocycles. The Kier molecular flexibility index (Phi) is 63.3. The zero-order valence-electron chi connectivity index (χ0n) is 52.0. The fraction of sp³-hybridized carbons (Fsp3) is 0.662. The Labute approximate surface area is 494 Å². The summed E-state index contributed by atoms with van der Waals surface area (Å²) in [6.07, 6.45) is 94.7. The summed E-state index contributed by atoms with van der Waals surface area (Å²) in [6, 6.07) is 0. The lowest BCUT2D eigenvalue weighted by Crippen LogP contribution is -2.30. The van der Waals surface area contributed by atoms with E-state index < -0.39 is 6.10 Å². The van der Waals surface area contributed by atoms with Gasteiger partial charge < -0.3 is 14.2 Å². The van der Waals surface area contributed by atoms with Gasteiger partial charge in [-0.2, -0.15) is 0 Å². The normalized spacial score (nSPS) is 13.0. The van der Waals surface area contributed by atoms with Crippen LogP contribution >= 0.6 is 0 Å². The van der Waals surface area contributed by atoms with Crippen molar-refractivity contribution in [3.63, 3.8) is 0 Å². The summed E-state index contributed by atoms with van der Waals surface area (Å²) in [5.74, 6) is -0.920. The number of allylic oxidation sites excluding steroid dienone is 22. The lowest BCUT2D eigenvalue weighted by molar-refractivity contribution is -0.167. The predicted molar refractivity (Wildman–Crippen MR) is 348 cm³/mol. The number of ether oxygens (including phenoxy) is 3. The maximum atomic E-state index is 12.9. The molecular formula is C74H122O6. The van der Waals surface area contributed by atoms with Gasteiger partial charge in [0.1, 0.15) is 13.2 Å². The molecule has 0 saturated carbocycles. The van der Waals surface area contributed by atoms with Gasteiger partial charge in [0.05, 0.1) is 0 Å². The summed E-state index contributed by atoms with van der Waals surface area (Å²) in [4.78, 5) is 38.2. The fourth-order valence-corrected chi connectivity index (χ4v) is 8.90. The summed E-state index contributed by atoms with van der Waals surface area (Å²) >= 11 is 0.